The van der Waals surface area contributed by atoms with E-state index in [4.69, 9.17) is 37.9 Å². The Morgan fingerprint density at radius 2 is 0.850 bits per heavy atom. The zero-order valence-electron chi connectivity index (χ0n) is 46.7. The number of aliphatic hydroxyl groups excluding tert-OH is 1. The molecule has 0 bridgehead atoms. The van der Waals surface area contributed by atoms with E-state index in [1.807, 2.05) is 12.1 Å². The van der Waals surface area contributed by atoms with Crippen molar-refractivity contribution in [1.29, 1.82) is 0 Å². The zero-order valence-corrected chi connectivity index (χ0v) is 46.7. The molecule has 0 aromatic heterocycles. The summed E-state index contributed by atoms with van der Waals surface area (Å²) in [6, 6.07) is 69.6. The van der Waals surface area contributed by atoms with Crippen LogP contribution in [-0.2, 0) is 41.0 Å². The summed E-state index contributed by atoms with van der Waals surface area (Å²) in [5, 5.41) is 11.5. The van der Waals surface area contributed by atoms with Gasteiger partial charge in [-0.1, -0.05) is 146 Å². The van der Waals surface area contributed by atoms with Gasteiger partial charge in [0.25, 0.3) is 0 Å². The lowest BCUT2D eigenvalue weighted by Gasteiger charge is -2.34. The quantitative estimate of drug-likeness (QED) is 0.0665. The molecule has 80 heavy (non-hydrogen) atoms. The highest BCUT2D eigenvalue weighted by Gasteiger charge is 2.49. The number of ether oxygens (including phenoxy) is 8. The number of hydrogen-bond acceptors (Lipinski definition) is 9. The molecular weight excluding hydrogens is 997 g/mol. The van der Waals surface area contributed by atoms with E-state index in [0.717, 1.165) is 60.0 Å². The molecule has 2 aliphatic heterocycles. The fourth-order valence-electron chi connectivity index (χ4n) is 12.6. The maximum Gasteiger partial charge on any atom is 0.119 e. The Morgan fingerprint density at radius 1 is 0.463 bits per heavy atom. The van der Waals surface area contributed by atoms with Crippen molar-refractivity contribution >= 4 is 0 Å². The molecule has 2 heterocycles. The second-order valence-corrected chi connectivity index (χ2v) is 23.1. The van der Waals surface area contributed by atoms with E-state index >= 15 is 0 Å². The van der Waals surface area contributed by atoms with Crippen LogP contribution in [0.3, 0.4) is 0 Å². The topological polar surface area (TPSA) is 101 Å². The highest BCUT2D eigenvalue weighted by Crippen LogP contribution is 2.58. The van der Waals surface area contributed by atoms with Gasteiger partial charge < -0.3 is 43.0 Å². The monoisotopic (exact) mass is 1070 g/mol. The third-order valence-electron chi connectivity index (χ3n) is 17.4. The van der Waals surface area contributed by atoms with Crippen molar-refractivity contribution in [3.05, 3.63) is 261 Å². The normalized spacial score (nSPS) is 22.2. The third kappa shape index (κ3) is 10.5. The molecule has 2 fully saturated rings. The van der Waals surface area contributed by atoms with Gasteiger partial charge in [0.05, 0.1) is 51.8 Å². The molecule has 8 aromatic carbocycles. The summed E-state index contributed by atoms with van der Waals surface area (Å²) in [6.07, 6.45) is 1.15. The molecule has 1 N–H and O–H groups in total. The largest absolute Gasteiger partial charge is 0.497 e. The van der Waals surface area contributed by atoms with Gasteiger partial charge in [-0.15, -0.1) is 0 Å². The number of aliphatic hydroxyl groups is 1. The van der Waals surface area contributed by atoms with E-state index in [-0.39, 0.29) is 37.3 Å². The van der Waals surface area contributed by atoms with E-state index in [2.05, 4.69) is 210 Å². The van der Waals surface area contributed by atoms with Crippen LogP contribution >= 0.6 is 0 Å². The van der Waals surface area contributed by atoms with Gasteiger partial charge >= 0.3 is 0 Å². The average Bonchev–Trinajstić information content (AvgIpc) is 4.61. The maximum absolute atomic E-state index is 11.5. The van der Waals surface area contributed by atoms with Crippen molar-refractivity contribution in [2.75, 3.05) is 53.9 Å². The second kappa shape index (κ2) is 22.0. The molecule has 2 saturated heterocycles. The number of hydrogen-bond donors (Lipinski definition) is 1. The summed E-state index contributed by atoms with van der Waals surface area (Å²) in [7, 11) is 3.46. The smallest absolute Gasteiger partial charge is 0.119 e. The average molecular weight is 1070 g/mol. The minimum atomic E-state index is -0.875. The van der Waals surface area contributed by atoms with Crippen molar-refractivity contribution in [3.8, 4) is 23.0 Å². The van der Waals surface area contributed by atoms with Gasteiger partial charge in [-0.05, 0) is 156 Å². The Hall–Kier alpha value is -7.24. The first-order valence-corrected chi connectivity index (χ1v) is 28.2. The van der Waals surface area contributed by atoms with Crippen LogP contribution in [0.4, 0.5) is 0 Å². The standard InChI is InChI=1S/C71H72O9/c1-68(2,49-17-21-51(22-18-49)71(54-27-31-57(32-28-54)76-43-60-44-77-60)40-65(48-15-11-8-12-16-48)63-38-59(74-6)34-36-67(63)71)79-42-55(72)41-75-56-29-25-53(26-30-56)70(52-23-19-50(20-24-52)69(3,4)80-46-61-45-78-61)39-64(47-13-9-7-10-14-47)62-37-58(73-5)33-35-66(62)70/h7-38,55,60-61,64-65,72H,39-46H2,1-6H3. The number of benzene rings is 8. The van der Waals surface area contributed by atoms with Gasteiger partial charge in [0.1, 0.15) is 54.5 Å². The number of epoxide rings is 2. The van der Waals surface area contributed by atoms with E-state index in [1.165, 1.54) is 50.1 Å². The summed E-state index contributed by atoms with van der Waals surface area (Å²) >= 11 is 0. The number of rotatable bonds is 22. The van der Waals surface area contributed by atoms with E-state index in [0.29, 0.717) is 19.0 Å². The Morgan fingerprint density at radius 3 is 1.27 bits per heavy atom. The second-order valence-electron chi connectivity index (χ2n) is 23.1. The maximum atomic E-state index is 11.5. The molecular formula is C71H72O9. The summed E-state index contributed by atoms with van der Waals surface area (Å²) in [5.74, 6) is 3.45. The van der Waals surface area contributed by atoms with Crippen LogP contribution in [0, 0.1) is 0 Å². The van der Waals surface area contributed by atoms with Gasteiger partial charge in [0.15, 0.2) is 0 Å². The van der Waals surface area contributed by atoms with Crippen molar-refractivity contribution in [2.45, 2.75) is 92.7 Å². The van der Waals surface area contributed by atoms with Crippen LogP contribution in [0.25, 0.3) is 0 Å². The highest BCUT2D eigenvalue weighted by molar-refractivity contribution is 5.64. The predicted molar refractivity (Wildman–Crippen MR) is 312 cm³/mol. The molecule has 0 spiro atoms. The Kier molecular flexibility index (Phi) is 14.7. The number of methoxy groups -OCH3 is 2. The summed E-state index contributed by atoms with van der Waals surface area (Å²) in [4.78, 5) is 0. The van der Waals surface area contributed by atoms with Crippen LogP contribution in [-0.4, -0.2) is 77.3 Å². The van der Waals surface area contributed by atoms with Crippen molar-refractivity contribution < 1.29 is 43.0 Å². The number of fused-ring (bicyclic) bond motifs is 2. The Balaban J connectivity index is 0.768. The van der Waals surface area contributed by atoms with Crippen molar-refractivity contribution in [3.63, 3.8) is 0 Å². The van der Waals surface area contributed by atoms with Gasteiger partial charge in [0, 0.05) is 22.7 Å². The lowest BCUT2D eigenvalue weighted by molar-refractivity contribution is -0.0717. The third-order valence-corrected chi connectivity index (χ3v) is 17.4. The lowest BCUT2D eigenvalue weighted by atomic mass is 9.69. The van der Waals surface area contributed by atoms with Crippen LogP contribution in [0.15, 0.2) is 194 Å². The molecule has 0 amide bonds. The SMILES string of the molecule is COc1ccc2c(c1)C(c1ccccc1)CC2(c1ccc(OCC2CO2)cc1)c1ccc(C(C)(C)OCC(O)COc2ccc(C3(c4ccc(C(C)(C)OCC5CO5)cc4)CC(c4ccccc4)c4cc(OC)ccc43)cc2)cc1. The minimum Gasteiger partial charge on any atom is -0.497 e. The lowest BCUT2D eigenvalue weighted by Crippen LogP contribution is -2.31. The van der Waals surface area contributed by atoms with Gasteiger partial charge in [0.2, 0.25) is 0 Å². The molecule has 8 aromatic rings. The molecule has 7 unspecified atom stereocenters. The summed E-state index contributed by atoms with van der Waals surface area (Å²) < 4.78 is 47.9. The Labute approximate surface area is 471 Å². The predicted octanol–water partition coefficient (Wildman–Crippen LogP) is 13.6. The van der Waals surface area contributed by atoms with Gasteiger partial charge in [-0.25, -0.2) is 0 Å². The molecule has 7 atom stereocenters. The minimum absolute atomic E-state index is 0.0674. The molecule has 0 saturated carbocycles. The van der Waals surface area contributed by atoms with Crippen LogP contribution in [0.2, 0.25) is 0 Å². The first-order chi connectivity index (χ1) is 38.9. The summed E-state index contributed by atoms with van der Waals surface area (Å²) in [5.41, 5.74) is 12.2. The van der Waals surface area contributed by atoms with Gasteiger partial charge in [-0.2, -0.15) is 0 Å². The van der Waals surface area contributed by atoms with E-state index in [1.54, 1.807) is 14.2 Å². The molecule has 9 heteroatoms. The van der Waals surface area contributed by atoms with E-state index in [9.17, 15) is 5.11 Å². The molecule has 4 aliphatic rings. The fraction of sp³-hybridized carbons (Fsp3) is 0.324. The van der Waals surface area contributed by atoms with E-state index < -0.39 is 28.1 Å². The molecule has 410 valence electrons. The van der Waals surface area contributed by atoms with Crippen molar-refractivity contribution in [2.24, 2.45) is 0 Å². The van der Waals surface area contributed by atoms with Crippen LogP contribution in [0.5, 0.6) is 23.0 Å². The Bertz CT molecular complexity index is 3390. The highest BCUT2D eigenvalue weighted by atomic mass is 16.6. The van der Waals surface area contributed by atoms with Crippen molar-refractivity contribution in [1.82, 2.24) is 0 Å². The van der Waals surface area contributed by atoms with Crippen LogP contribution < -0.4 is 18.9 Å². The van der Waals surface area contributed by atoms with Gasteiger partial charge in [-0.3, -0.25) is 0 Å². The van der Waals surface area contributed by atoms with Crippen LogP contribution in [0.1, 0.15) is 119 Å². The fourth-order valence-corrected chi connectivity index (χ4v) is 12.6. The first-order valence-electron chi connectivity index (χ1n) is 28.2. The molecule has 2 aliphatic carbocycles. The first kappa shape index (κ1) is 53.4. The zero-order chi connectivity index (χ0) is 55.1. The summed E-state index contributed by atoms with van der Waals surface area (Å²) in [6.45, 7) is 11.2. The molecule has 12 rings (SSSR count). The molecule has 0 radical (unpaired) electrons. The molecule has 9 nitrogen and oxygen atoms in total.